The van der Waals surface area contributed by atoms with E-state index in [4.69, 9.17) is 4.42 Å². The molecule has 0 aliphatic carbocycles. The second-order valence-electron chi connectivity index (χ2n) is 4.18. The van der Waals surface area contributed by atoms with Gasteiger partial charge in [-0.1, -0.05) is 24.3 Å². The van der Waals surface area contributed by atoms with Crippen molar-refractivity contribution in [1.82, 2.24) is 10.2 Å². The van der Waals surface area contributed by atoms with Crippen LogP contribution >= 0.6 is 0 Å². The van der Waals surface area contributed by atoms with Crippen molar-refractivity contribution in [2.45, 2.75) is 26.2 Å². The minimum Gasteiger partial charge on any atom is -0.481 e. The van der Waals surface area contributed by atoms with Gasteiger partial charge in [0.15, 0.2) is 0 Å². The van der Waals surface area contributed by atoms with Crippen LogP contribution in [0.1, 0.15) is 28.8 Å². The zero-order chi connectivity index (χ0) is 13.1. The molecule has 1 heterocycles. The van der Waals surface area contributed by atoms with Crippen LogP contribution < -0.4 is 0 Å². The van der Waals surface area contributed by atoms with Crippen LogP contribution in [0.3, 0.4) is 0 Å². The fraction of sp³-hybridized carbons (Fsp3) is 0.308. The Hall–Kier alpha value is -2.17. The van der Waals surface area contributed by atoms with E-state index in [0.717, 1.165) is 11.1 Å². The van der Waals surface area contributed by atoms with Crippen LogP contribution in [0.15, 0.2) is 28.7 Å². The lowest BCUT2D eigenvalue weighted by Gasteiger charge is -2.10. The molecule has 0 bridgehead atoms. The number of hydrogen-bond acceptors (Lipinski definition) is 4. The van der Waals surface area contributed by atoms with E-state index in [-0.39, 0.29) is 5.89 Å². The molecular formula is C13H14N2O3. The molecule has 0 aliphatic rings. The van der Waals surface area contributed by atoms with Gasteiger partial charge in [0.05, 0.1) is 0 Å². The Morgan fingerprint density at radius 2 is 2.06 bits per heavy atom. The van der Waals surface area contributed by atoms with Gasteiger partial charge in [0.25, 0.3) is 0 Å². The minimum atomic E-state index is -0.957. The van der Waals surface area contributed by atoms with E-state index in [9.17, 15) is 9.90 Å². The Kier molecular flexibility index (Phi) is 3.41. The SMILES string of the molecule is Cc1nnc(C(Cc2ccccc2C)C(=O)O)o1. The molecule has 0 amide bonds. The van der Waals surface area contributed by atoms with Crippen LogP contribution in [0.25, 0.3) is 0 Å². The summed E-state index contributed by atoms with van der Waals surface area (Å²) in [6.45, 7) is 3.59. The fourth-order valence-corrected chi connectivity index (χ4v) is 1.79. The van der Waals surface area contributed by atoms with Gasteiger partial charge in [0.2, 0.25) is 11.8 Å². The molecule has 2 aromatic rings. The molecule has 1 atom stereocenters. The molecule has 0 saturated carbocycles. The number of nitrogens with zero attached hydrogens (tertiary/aromatic N) is 2. The van der Waals surface area contributed by atoms with E-state index in [1.54, 1.807) is 6.92 Å². The first-order chi connectivity index (χ1) is 8.58. The normalized spacial score (nSPS) is 12.3. The second kappa shape index (κ2) is 5.00. The molecular weight excluding hydrogens is 232 g/mol. The largest absolute Gasteiger partial charge is 0.481 e. The first-order valence-electron chi connectivity index (χ1n) is 5.65. The summed E-state index contributed by atoms with van der Waals surface area (Å²) in [5.74, 6) is -1.22. The number of benzene rings is 1. The van der Waals surface area contributed by atoms with E-state index in [1.807, 2.05) is 31.2 Å². The summed E-state index contributed by atoms with van der Waals surface area (Å²) in [7, 11) is 0. The van der Waals surface area contributed by atoms with Crippen molar-refractivity contribution >= 4 is 5.97 Å². The van der Waals surface area contributed by atoms with Crippen molar-refractivity contribution in [3.63, 3.8) is 0 Å². The molecule has 1 aromatic carbocycles. The molecule has 0 fully saturated rings. The van der Waals surface area contributed by atoms with E-state index in [2.05, 4.69) is 10.2 Å². The van der Waals surface area contributed by atoms with Crippen molar-refractivity contribution in [2.24, 2.45) is 0 Å². The van der Waals surface area contributed by atoms with Crippen LogP contribution in [-0.2, 0) is 11.2 Å². The Labute approximate surface area is 104 Å². The number of aromatic nitrogens is 2. The molecule has 0 radical (unpaired) electrons. The van der Waals surface area contributed by atoms with Crippen molar-refractivity contribution in [3.8, 4) is 0 Å². The average molecular weight is 246 g/mol. The lowest BCUT2D eigenvalue weighted by atomic mass is 9.96. The van der Waals surface area contributed by atoms with Crippen LogP contribution in [0.2, 0.25) is 0 Å². The summed E-state index contributed by atoms with van der Waals surface area (Å²) < 4.78 is 5.22. The monoisotopic (exact) mass is 246 g/mol. The highest BCUT2D eigenvalue weighted by Gasteiger charge is 2.26. The third-order valence-corrected chi connectivity index (χ3v) is 2.82. The molecule has 94 valence electrons. The van der Waals surface area contributed by atoms with Gasteiger partial charge in [-0.3, -0.25) is 4.79 Å². The third-order valence-electron chi connectivity index (χ3n) is 2.82. The maximum absolute atomic E-state index is 11.3. The number of aliphatic carboxylic acids is 1. The van der Waals surface area contributed by atoms with E-state index in [0.29, 0.717) is 12.3 Å². The first-order valence-corrected chi connectivity index (χ1v) is 5.65. The van der Waals surface area contributed by atoms with Crippen molar-refractivity contribution in [1.29, 1.82) is 0 Å². The summed E-state index contributed by atoms with van der Waals surface area (Å²) in [5.41, 5.74) is 2.03. The predicted molar refractivity (Wildman–Crippen MR) is 64.3 cm³/mol. The zero-order valence-corrected chi connectivity index (χ0v) is 10.3. The molecule has 2 rings (SSSR count). The molecule has 0 spiro atoms. The van der Waals surface area contributed by atoms with E-state index < -0.39 is 11.9 Å². The van der Waals surface area contributed by atoms with Gasteiger partial charge in [-0.05, 0) is 24.5 Å². The van der Waals surface area contributed by atoms with Crippen LogP contribution in [0.5, 0.6) is 0 Å². The number of hydrogen-bond donors (Lipinski definition) is 1. The lowest BCUT2D eigenvalue weighted by molar-refractivity contribution is -0.139. The van der Waals surface area contributed by atoms with Crippen molar-refractivity contribution in [2.75, 3.05) is 0 Å². The summed E-state index contributed by atoms with van der Waals surface area (Å²) in [6, 6.07) is 7.67. The maximum Gasteiger partial charge on any atom is 0.316 e. The summed E-state index contributed by atoms with van der Waals surface area (Å²) in [5, 5.41) is 16.7. The van der Waals surface area contributed by atoms with Crippen LogP contribution in [0.4, 0.5) is 0 Å². The smallest absolute Gasteiger partial charge is 0.316 e. The molecule has 0 saturated heterocycles. The maximum atomic E-state index is 11.3. The minimum absolute atomic E-state index is 0.156. The zero-order valence-electron chi connectivity index (χ0n) is 10.3. The molecule has 18 heavy (non-hydrogen) atoms. The van der Waals surface area contributed by atoms with Gasteiger partial charge in [0.1, 0.15) is 5.92 Å². The van der Waals surface area contributed by atoms with Gasteiger partial charge >= 0.3 is 5.97 Å². The number of carboxylic acids is 1. The highest BCUT2D eigenvalue weighted by molar-refractivity contribution is 5.75. The highest BCUT2D eigenvalue weighted by atomic mass is 16.4. The quantitative estimate of drug-likeness (QED) is 0.893. The Morgan fingerprint density at radius 1 is 1.33 bits per heavy atom. The van der Waals surface area contributed by atoms with Gasteiger partial charge in [-0.25, -0.2) is 0 Å². The fourth-order valence-electron chi connectivity index (χ4n) is 1.79. The molecule has 1 aromatic heterocycles. The van der Waals surface area contributed by atoms with E-state index in [1.165, 1.54) is 0 Å². The average Bonchev–Trinajstić information content (AvgIpc) is 2.74. The van der Waals surface area contributed by atoms with Crippen molar-refractivity contribution in [3.05, 3.63) is 47.2 Å². The van der Waals surface area contributed by atoms with Gasteiger partial charge < -0.3 is 9.52 Å². The second-order valence-corrected chi connectivity index (χ2v) is 4.18. The van der Waals surface area contributed by atoms with Gasteiger partial charge in [-0.2, -0.15) is 0 Å². The Bertz CT molecular complexity index is 563. The molecule has 1 N–H and O–H groups in total. The summed E-state index contributed by atoms with van der Waals surface area (Å²) in [4.78, 5) is 11.3. The summed E-state index contributed by atoms with van der Waals surface area (Å²) >= 11 is 0. The van der Waals surface area contributed by atoms with Gasteiger partial charge in [-0.15, -0.1) is 10.2 Å². The number of carboxylic acid groups (broad SMARTS) is 1. The highest BCUT2D eigenvalue weighted by Crippen LogP contribution is 2.22. The third kappa shape index (κ3) is 2.56. The van der Waals surface area contributed by atoms with E-state index >= 15 is 0 Å². The first kappa shape index (κ1) is 12.3. The summed E-state index contributed by atoms with van der Waals surface area (Å²) in [6.07, 6.45) is 0.351. The van der Waals surface area contributed by atoms with Gasteiger partial charge in [0, 0.05) is 6.92 Å². The molecule has 1 unspecified atom stereocenters. The Morgan fingerprint density at radius 3 is 2.61 bits per heavy atom. The van der Waals surface area contributed by atoms with Crippen LogP contribution in [0, 0.1) is 13.8 Å². The molecule has 5 heteroatoms. The van der Waals surface area contributed by atoms with Crippen molar-refractivity contribution < 1.29 is 14.3 Å². The lowest BCUT2D eigenvalue weighted by Crippen LogP contribution is -2.15. The number of aryl methyl sites for hydroxylation is 2. The topological polar surface area (TPSA) is 76.2 Å². The number of carbonyl (C=O) groups is 1. The number of rotatable bonds is 4. The Balaban J connectivity index is 2.28. The predicted octanol–water partition coefficient (Wildman–Crippen LogP) is 2.10. The molecule has 5 nitrogen and oxygen atoms in total. The standard InChI is InChI=1S/C13H14N2O3/c1-8-5-3-4-6-10(8)7-11(13(16)17)12-15-14-9(2)18-12/h3-6,11H,7H2,1-2H3,(H,16,17). The molecule has 0 aliphatic heterocycles. The van der Waals surface area contributed by atoms with Crippen LogP contribution in [-0.4, -0.2) is 21.3 Å².